The first-order valence-electron chi connectivity index (χ1n) is 8.79. The fourth-order valence-electron chi connectivity index (χ4n) is 3.60. The van der Waals surface area contributed by atoms with E-state index in [-0.39, 0.29) is 5.63 Å². The summed E-state index contributed by atoms with van der Waals surface area (Å²) in [6.07, 6.45) is 1.84. The van der Waals surface area contributed by atoms with Crippen LogP contribution in [0, 0.1) is 6.92 Å². The molecule has 0 bridgehead atoms. The van der Waals surface area contributed by atoms with Crippen molar-refractivity contribution in [1.29, 1.82) is 0 Å². The van der Waals surface area contributed by atoms with Gasteiger partial charge in [0, 0.05) is 21.6 Å². The molecule has 2 aromatic carbocycles. The third-order valence-corrected chi connectivity index (χ3v) is 5.30. The summed E-state index contributed by atoms with van der Waals surface area (Å²) < 4.78 is 12.6. The van der Waals surface area contributed by atoms with Crippen LogP contribution in [-0.2, 0) is 13.0 Å². The van der Waals surface area contributed by atoms with E-state index in [9.17, 15) is 4.79 Å². The van der Waals surface area contributed by atoms with E-state index in [0.717, 1.165) is 45.3 Å². The van der Waals surface area contributed by atoms with Gasteiger partial charge in [0.2, 0.25) is 0 Å². The number of nitrogens with zero attached hydrogens (tertiary/aromatic N) is 1. The summed E-state index contributed by atoms with van der Waals surface area (Å²) in [4.78, 5) is 14.2. The molecule has 0 amide bonds. The number of ether oxygens (including phenoxy) is 1. The topological polar surface area (TPSA) is 42.7 Å². The first-order chi connectivity index (χ1) is 12.6. The summed E-state index contributed by atoms with van der Waals surface area (Å²) in [5, 5.41) is 1.00. The van der Waals surface area contributed by atoms with Gasteiger partial charge in [-0.25, -0.2) is 4.79 Å². The summed E-state index contributed by atoms with van der Waals surface area (Å²) >= 11 is 3.51. The largest absolute Gasteiger partial charge is 0.473 e. The highest BCUT2D eigenvalue weighted by Gasteiger charge is 2.23. The minimum atomic E-state index is -0.300. The Balaban J connectivity index is 1.82. The minimum Gasteiger partial charge on any atom is -0.473 e. The van der Waals surface area contributed by atoms with E-state index in [1.165, 1.54) is 5.56 Å². The van der Waals surface area contributed by atoms with E-state index in [4.69, 9.17) is 9.15 Å². The van der Waals surface area contributed by atoms with Crippen molar-refractivity contribution in [3.63, 3.8) is 0 Å². The maximum atomic E-state index is 12.1. The molecule has 0 saturated carbocycles. The van der Waals surface area contributed by atoms with E-state index >= 15 is 0 Å². The van der Waals surface area contributed by atoms with E-state index in [2.05, 4.69) is 46.8 Å². The van der Waals surface area contributed by atoms with Crippen molar-refractivity contribution in [3.05, 3.63) is 68.0 Å². The van der Waals surface area contributed by atoms with Crippen LogP contribution in [0.2, 0.25) is 0 Å². The van der Waals surface area contributed by atoms with Crippen LogP contribution in [0.3, 0.4) is 0 Å². The summed E-state index contributed by atoms with van der Waals surface area (Å²) in [6, 6.07) is 11.8. The van der Waals surface area contributed by atoms with Gasteiger partial charge in [0.05, 0.1) is 12.1 Å². The number of anilines is 1. The average Bonchev–Trinajstić information content (AvgIpc) is 2.61. The quantitative estimate of drug-likeness (QED) is 0.555. The predicted molar refractivity (Wildman–Crippen MR) is 107 cm³/mol. The summed E-state index contributed by atoms with van der Waals surface area (Å²) in [5.74, 6) is 0.792. The Morgan fingerprint density at radius 3 is 2.81 bits per heavy atom. The highest BCUT2D eigenvalue weighted by molar-refractivity contribution is 9.10. The van der Waals surface area contributed by atoms with Crippen molar-refractivity contribution in [2.24, 2.45) is 0 Å². The summed E-state index contributed by atoms with van der Waals surface area (Å²) in [5.41, 5.74) is 4.61. The van der Waals surface area contributed by atoms with Crippen LogP contribution in [-0.4, -0.2) is 6.73 Å². The van der Waals surface area contributed by atoms with Gasteiger partial charge in [-0.2, -0.15) is 0 Å². The molecule has 0 radical (unpaired) electrons. The molecule has 0 unspecified atom stereocenters. The van der Waals surface area contributed by atoms with Crippen molar-refractivity contribution < 1.29 is 9.15 Å². The lowest BCUT2D eigenvalue weighted by molar-refractivity contribution is 0.289. The van der Waals surface area contributed by atoms with E-state index in [0.29, 0.717) is 18.9 Å². The Kier molecular flexibility index (Phi) is 4.49. The number of halogens is 1. The zero-order valence-corrected chi connectivity index (χ0v) is 16.4. The molecule has 4 rings (SSSR count). The molecular weight excluding hydrogens is 394 g/mol. The zero-order valence-electron chi connectivity index (χ0n) is 14.8. The van der Waals surface area contributed by atoms with Gasteiger partial charge in [0.1, 0.15) is 11.3 Å². The maximum Gasteiger partial charge on any atom is 0.336 e. The summed E-state index contributed by atoms with van der Waals surface area (Å²) in [7, 11) is 0. The Morgan fingerprint density at radius 2 is 2.04 bits per heavy atom. The second-order valence-electron chi connectivity index (χ2n) is 6.66. The third-order valence-electron chi connectivity index (χ3n) is 4.80. The molecule has 2 heterocycles. The zero-order chi connectivity index (χ0) is 18.3. The molecule has 0 spiro atoms. The Bertz CT molecular complexity index is 1040. The van der Waals surface area contributed by atoms with Crippen LogP contribution in [0.15, 0.2) is 50.1 Å². The molecule has 0 fully saturated rings. The fourth-order valence-corrected chi connectivity index (χ4v) is 4.08. The highest BCUT2D eigenvalue weighted by Crippen LogP contribution is 2.36. The van der Waals surface area contributed by atoms with Gasteiger partial charge in [0.25, 0.3) is 0 Å². The fraction of sp³-hybridized carbons (Fsp3) is 0.286. The van der Waals surface area contributed by atoms with Crippen molar-refractivity contribution in [1.82, 2.24) is 0 Å². The van der Waals surface area contributed by atoms with Gasteiger partial charge in [-0.05, 0) is 54.8 Å². The van der Waals surface area contributed by atoms with E-state index in [1.807, 2.05) is 18.2 Å². The van der Waals surface area contributed by atoms with Crippen LogP contribution in [0.4, 0.5) is 5.69 Å². The number of rotatable bonds is 3. The van der Waals surface area contributed by atoms with Crippen molar-refractivity contribution >= 4 is 32.6 Å². The molecule has 0 atom stereocenters. The van der Waals surface area contributed by atoms with Gasteiger partial charge < -0.3 is 14.1 Å². The minimum absolute atomic E-state index is 0.300. The van der Waals surface area contributed by atoms with Crippen LogP contribution < -0.4 is 15.3 Å². The lowest BCUT2D eigenvalue weighted by atomic mass is 10.0. The molecule has 4 nitrogen and oxygen atoms in total. The molecular formula is C21H20BrNO3. The second kappa shape index (κ2) is 6.80. The lowest BCUT2D eigenvalue weighted by Gasteiger charge is -2.32. The Morgan fingerprint density at radius 1 is 1.19 bits per heavy atom. The Labute approximate surface area is 160 Å². The molecule has 5 heteroatoms. The SMILES string of the molecule is CCCc1cc(=O)oc2c3c(ccc12)OCN(c1ccc(Br)cc1C)C3. The second-order valence-corrected chi connectivity index (χ2v) is 7.58. The van der Waals surface area contributed by atoms with Gasteiger partial charge in [-0.1, -0.05) is 29.3 Å². The predicted octanol–water partition coefficient (Wildman–Crippen LogP) is 5.17. The van der Waals surface area contributed by atoms with E-state index < -0.39 is 0 Å². The number of benzene rings is 2. The molecule has 0 N–H and O–H groups in total. The molecule has 0 saturated heterocycles. The number of hydrogen-bond donors (Lipinski definition) is 0. The molecule has 1 aliphatic rings. The number of fused-ring (bicyclic) bond motifs is 3. The normalized spacial score (nSPS) is 13.6. The number of hydrogen-bond acceptors (Lipinski definition) is 4. The summed E-state index contributed by atoms with van der Waals surface area (Å²) in [6.45, 7) is 5.31. The molecule has 134 valence electrons. The van der Waals surface area contributed by atoms with Gasteiger partial charge in [-0.3, -0.25) is 0 Å². The van der Waals surface area contributed by atoms with Gasteiger partial charge in [0.15, 0.2) is 6.73 Å². The van der Waals surface area contributed by atoms with E-state index in [1.54, 1.807) is 6.07 Å². The maximum absolute atomic E-state index is 12.1. The third kappa shape index (κ3) is 3.01. The van der Waals surface area contributed by atoms with Gasteiger partial charge >= 0.3 is 5.63 Å². The average molecular weight is 414 g/mol. The monoisotopic (exact) mass is 413 g/mol. The first-order valence-corrected chi connectivity index (χ1v) is 9.58. The van der Waals surface area contributed by atoms with Crippen LogP contribution >= 0.6 is 15.9 Å². The standard InChI is InChI=1S/C21H20BrNO3/c1-3-4-14-10-20(24)26-21-16(14)6-8-19-17(21)11-23(12-25-19)18-7-5-15(22)9-13(18)2/h5-10H,3-4,11-12H2,1-2H3. The molecule has 0 aliphatic carbocycles. The van der Waals surface area contributed by atoms with Crippen LogP contribution in [0.5, 0.6) is 5.75 Å². The van der Waals surface area contributed by atoms with Crippen molar-refractivity contribution in [2.75, 3.05) is 11.6 Å². The highest BCUT2D eigenvalue weighted by atomic mass is 79.9. The van der Waals surface area contributed by atoms with Crippen LogP contribution in [0.25, 0.3) is 11.0 Å². The molecule has 26 heavy (non-hydrogen) atoms. The molecule has 3 aromatic rings. The van der Waals surface area contributed by atoms with Crippen LogP contribution in [0.1, 0.15) is 30.0 Å². The Hall–Kier alpha value is -2.27. The first kappa shape index (κ1) is 17.2. The molecule has 1 aliphatic heterocycles. The molecule has 1 aromatic heterocycles. The lowest BCUT2D eigenvalue weighted by Crippen LogP contribution is -2.32. The van der Waals surface area contributed by atoms with Crippen molar-refractivity contribution in [3.8, 4) is 5.75 Å². The number of aryl methyl sites for hydroxylation is 2. The van der Waals surface area contributed by atoms with Crippen molar-refractivity contribution in [2.45, 2.75) is 33.2 Å². The van der Waals surface area contributed by atoms with Gasteiger partial charge in [-0.15, -0.1) is 0 Å². The smallest absolute Gasteiger partial charge is 0.336 e.